The molecule has 0 bridgehead atoms. The van der Waals surface area contributed by atoms with Gasteiger partial charge in [-0.05, 0) is 44.9 Å². The fraction of sp³-hybridized carbons (Fsp3) is 0.500. The van der Waals surface area contributed by atoms with E-state index in [1.54, 1.807) is 16.8 Å². The summed E-state index contributed by atoms with van der Waals surface area (Å²) in [5.41, 5.74) is 2.93. The van der Waals surface area contributed by atoms with E-state index in [0.29, 0.717) is 6.04 Å². The first kappa shape index (κ1) is 17.6. The molecule has 1 N–H and O–H groups in total. The number of rotatable bonds is 6. The fourth-order valence-electron chi connectivity index (χ4n) is 3.62. The second-order valence-corrected chi connectivity index (χ2v) is 6.83. The van der Waals surface area contributed by atoms with Gasteiger partial charge in [-0.1, -0.05) is 0 Å². The third kappa shape index (κ3) is 4.05. The molecule has 1 aliphatic heterocycles. The highest BCUT2D eigenvalue weighted by atomic mass is 16.6. The van der Waals surface area contributed by atoms with Crippen LogP contribution in [0.25, 0.3) is 11.3 Å². The zero-order valence-electron chi connectivity index (χ0n) is 14.6. The Morgan fingerprint density at radius 3 is 2.76 bits per heavy atom. The molecule has 0 amide bonds. The number of hydrogen-bond acceptors (Lipinski definition) is 5. The Hall–Kier alpha value is -2.25. The highest BCUT2D eigenvalue weighted by molar-refractivity contribution is 5.64. The average Bonchev–Trinajstić information content (AvgIpc) is 3.14. The van der Waals surface area contributed by atoms with Gasteiger partial charge >= 0.3 is 0 Å². The number of hydrogen-bond donors (Lipinski definition) is 1. The lowest BCUT2D eigenvalue weighted by Gasteiger charge is -2.25. The number of non-ortho nitro benzene ring substituents is 1. The molecule has 1 aliphatic rings. The van der Waals surface area contributed by atoms with Crippen LogP contribution in [0.4, 0.5) is 5.69 Å². The summed E-state index contributed by atoms with van der Waals surface area (Å²) in [5, 5.41) is 25.1. The smallest absolute Gasteiger partial charge is 0.269 e. The minimum absolute atomic E-state index is 0.0813. The predicted octanol–water partition coefficient (Wildman–Crippen LogP) is 2.73. The third-order valence-corrected chi connectivity index (χ3v) is 4.74. The van der Waals surface area contributed by atoms with Gasteiger partial charge in [0.2, 0.25) is 0 Å². The van der Waals surface area contributed by atoms with E-state index in [-0.39, 0.29) is 11.8 Å². The lowest BCUT2D eigenvalue weighted by atomic mass is 10.1. The number of aliphatic hydroxyl groups is 1. The molecule has 134 valence electrons. The van der Waals surface area contributed by atoms with Crippen molar-refractivity contribution < 1.29 is 10.0 Å². The standard InChI is InChI=1S/C18H24N4O3/c1-13(23)10-17-4-3-9-21(17)12-15-11-20(2)19-18(15)14-5-7-16(8-6-14)22(24)25/h5-8,11,13,17,23H,3-4,9-10,12H2,1-2H3/t13-,17-/m0/s1. The van der Waals surface area contributed by atoms with Crippen LogP contribution >= 0.6 is 0 Å². The van der Waals surface area contributed by atoms with Gasteiger partial charge in [-0.25, -0.2) is 0 Å². The summed E-state index contributed by atoms with van der Waals surface area (Å²) >= 11 is 0. The predicted molar refractivity (Wildman–Crippen MR) is 95.0 cm³/mol. The maximum atomic E-state index is 10.8. The number of aromatic nitrogens is 2. The largest absolute Gasteiger partial charge is 0.393 e. The van der Waals surface area contributed by atoms with E-state index in [1.807, 2.05) is 20.2 Å². The molecule has 0 aliphatic carbocycles. The molecule has 2 heterocycles. The summed E-state index contributed by atoms with van der Waals surface area (Å²) in [5.74, 6) is 0. The number of nitro groups is 1. The summed E-state index contributed by atoms with van der Waals surface area (Å²) in [4.78, 5) is 12.8. The minimum Gasteiger partial charge on any atom is -0.393 e. The van der Waals surface area contributed by atoms with Crippen molar-refractivity contribution in [3.05, 3.63) is 46.1 Å². The fourth-order valence-corrected chi connectivity index (χ4v) is 3.62. The molecule has 1 saturated heterocycles. The van der Waals surface area contributed by atoms with Gasteiger partial charge < -0.3 is 5.11 Å². The van der Waals surface area contributed by atoms with E-state index < -0.39 is 4.92 Å². The van der Waals surface area contributed by atoms with Gasteiger partial charge in [-0.15, -0.1) is 0 Å². The first-order valence-corrected chi connectivity index (χ1v) is 8.63. The molecule has 7 nitrogen and oxygen atoms in total. The van der Waals surface area contributed by atoms with Crippen LogP contribution in [0.3, 0.4) is 0 Å². The first-order valence-electron chi connectivity index (χ1n) is 8.63. The van der Waals surface area contributed by atoms with Gasteiger partial charge in [0.25, 0.3) is 5.69 Å². The van der Waals surface area contributed by atoms with Crippen molar-refractivity contribution in [3.8, 4) is 11.3 Å². The Kier molecular flexibility index (Phi) is 5.15. The number of benzene rings is 1. The molecule has 7 heteroatoms. The summed E-state index contributed by atoms with van der Waals surface area (Å²) < 4.78 is 1.78. The third-order valence-electron chi connectivity index (χ3n) is 4.74. The molecule has 0 spiro atoms. The van der Waals surface area contributed by atoms with Gasteiger partial charge in [0.1, 0.15) is 0 Å². The van der Waals surface area contributed by atoms with Crippen molar-refractivity contribution in [3.63, 3.8) is 0 Å². The van der Waals surface area contributed by atoms with Crippen LogP contribution in [0.2, 0.25) is 0 Å². The van der Waals surface area contributed by atoms with Crippen molar-refractivity contribution in [2.45, 2.75) is 44.9 Å². The number of nitro benzene ring substituents is 1. The van der Waals surface area contributed by atoms with Gasteiger partial charge in [-0.2, -0.15) is 5.10 Å². The Balaban J connectivity index is 1.82. The molecule has 3 rings (SSSR count). The van der Waals surface area contributed by atoms with Crippen LogP contribution in [-0.2, 0) is 13.6 Å². The molecular formula is C18H24N4O3. The van der Waals surface area contributed by atoms with E-state index in [0.717, 1.165) is 49.2 Å². The number of likely N-dealkylation sites (tertiary alicyclic amines) is 1. The molecule has 0 radical (unpaired) electrons. The quantitative estimate of drug-likeness (QED) is 0.643. The van der Waals surface area contributed by atoms with Crippen molar-refractivity contribution in [1.29, 1.82) is 0 Å². The van der Waals surface area contributed by atoms with Gasteiger partial charge in [0.05, 0.1) is 16.7 Å². The molecule has 1 aromatic heterocycles. The molecule has 25 heavy (non-hydrogen) atoms. The summed E-state index contributed by atoms with van der Waals surface area (Å²) in [6, 6.07) is 6.92. The maximum absolute atomic E-state index is 10.8. The summed E-state index contributed by atoms with van der Waals surface area (Å²) in [6.07, 6.45) is 4.75. The van der Waals surface area contributed by atoms with E-state index in [1.165, 1.54) is 12.1 Å². The molecule has 1 fully saturated rings. The minimum atomic E-state index is -0.395. The second kappa shape index (κ2) is 7.33. The van der Waals surface area contributed by atoms with Gasteiger partial charge in [-0.3, -0.25) is 19.7 Å². The highest BCUT2D eigenvalue weighted by Crippen LogP contribution is 2.29. The van der Waals surface area contributed by atoms with Gasteiger partial charge in [0.15, 0.2) is 0 Å². The van der Waals surface area contributed by atoms with Crippen LogP contribution < -0.4 is 0 Å². The van der Waals surface area contributed by atoms with Crippen LogP contribution in [0.15, 0.2) is 30.5 Å². The van der Waals surface area contributed by atoms with Crippen LogP contribution in [0, 0.1) is 10.1 Å². The van der Waals surface area contributed by atoms with Crippen molar-refractivity contribution in [2.24, 2.45) is 7.05 Å². The van der Waals surface area contributed by atoms with Crippen LogP contribution in [0.5, 0.6) is 0 Å². The van der Waals surface area contributed by atoms with E-state index >= 15 is 0 Å². The molecule has 1 aromatic carbocycles. The first-order chi connectivity index (χ1) is 11.9. The zero-order chi connectivity index (χ0) is 18.0. The molecule has 2 aromatic rings. The second-order valence-electron chi connectivity index (χ2n) is 6.83. The monoisotopic (exact) mass is 344 g/mol. The Labute approximate surface area is 147 Å². The Bertz CT molecular complexity index is 739. The zero-order valence-corrected chi connectivity index (χ0v) is 14.6. The average molecular weight is 344 g/mol. The summed E-state index contributed by atoms with van der Waals surface area (Å²) in [6.45, 7) is 3.63. The molecule has 0 unspecified atom stereocenters. The Morgan fingerprint density at radius 2 is 2.12 bits per heavy atom. The van der Waals surface area contributed by atoms with E-state index in [4.69, 9.17) is 0 Å². The topological polar surface area (TPSA) is 84.4 Å². The van der Waals surface area contributed by atoms with Gasteiger partial charge in [0, 0.05) is 49.1 Å². The molecule has 0 saturated carbocycles. The number of nitrogens with zero attached hydrogens (tertiary/aromatic N) is 4. The van der Waals surface area contributed by atoms with E-state index in [9.17, 15) is 15.2 Å². The number of aliphatic hydroxyl groups excluding tert-OH is 1. The molecule has 2 atom stereocenters. The summed E-state index contributed by atoms with van der Waals surface area (Å²) in [7, 11) is 1.88. The lowest BCUT2D eigenvalue weighted by molar-refractivity contribution is -0.384. The maximum Gasteiger partial charge on any atom is 0.269 e. The number of aryl methyl sites for hydroxylation is 1. The molecular weight excluding hydrogens is 320 g/mol. The Morgan fingerprint density at radius 1 is 1.40 bits per heavy atom. The normalized spacial score (nSPS) is 19.2. The van der Waals surface area contributed by atoms with Crippen molar-refractivity contribution >= 4 is 5.69 Å². The van der Waals surface area contributed by atoms with Crippen molar-refractivity contribution in [1.82, 2.24) is 14.7 Å². The SMILES string of the molecule is C[C@H](O)C[C@@H]1CCCN1Cc1cn(C)nc1-c1ccc([N+](=O)[O-])cc1. The van der Waals surface area contributed by atoms with Crippen LogP contribution in [0.1, 0.15) is 31.7 Å². The lowest BCUT2D eigenvalue weighted by Crippen LogP contribution is -2.31. The van der Waals surface area contributed by atoms with E-state index in [2.05, 4.69) is 10.00 Å². The highest BCUT2D eigenvalue weighted by Gasteiger charge is 2.27. The van der Waals surface area contributed by atoms with Crippen molar-refractivity contribution in [2.75, 3.05) is 6.54 Å². The van der Waals surface area contributed by atoms with Crippen LogP contribution in [-0.4, -0.2) is 43.4 Å².